The van der Waals surface area contributed by atoms with Crippen LogP contribution in [0, 0.1) is 17.3 Å². The van der Waals surface area contributed by atoms with E-state index in [4.69, 9.17) is 16.3 Å². The molecule has 4 saturated carbocycles. The Labute approximate surface area is 157 Å². The van der Waals surface area contributed by atoms with Gasteiger partial charge in [0.1, 0.15) is 6.10 Å². The molecule has 0 amide bonds. The van der Waals surface area contributed by atoms with Crippen molar-refractivity contribution in [2.45, 2.75) is 62.3 Å². The van der Waals surface area contributed by atoms with Crippen molar-refractivity contribution < 1.29 is 9.53 Å². The Morgan fingerprint density at radius 3 is 2.58 bits per heavy atom. The number of carbonyl (C=O) groups is 1. The first-order valence-electron chi connectivity index (χ1n) is 8.99. The van der Waals surface area contributed by atoms with Crippen LogP contribution in [0.5, 0.6) is 0 Å². The summed E-state index contributed by atoms with van der Waals surface area (Å²) in [5.74, 6) is 1.51. The monoisotopic (exact) mass is 410 g/mol. The number of alkyl halides is 1. The van der Waals surface area contributed by atoms with Crippen LogP contribution in [-0.2, 0) is 9.53 Å². The topological polar surface area (TPSA) is 26.3 Å². The predicted molar refractivity (Wildman–Crippen MR) is 99.3 cm³/mol. The number of rotatable bonds is 4. The van der Waals surface area contributed by atoms with E-state index in [0.717, 1.165) is 23.8 Å². The molecule has 4 aliphatic rings. The number of esters is 1. The fourth-order valence-corrected chi connectivity index (χ4v) is 7.76. The van der Waals surface area contributed by atoms with E-state index in [-0.39, 0.29) is 21.8 Å². The van der Waals surface area contributed by atoms with Crippen LogP contribution in [0.1, 0.15) is 63.5 Å². The van der Waals surface area contributed by atoms with Gasteiger partial charge in [0.25, 0.3) is 0 Å². The summed E-state index contributed by atoms with van der Waals surface area (Å²) in [5.41, 5.74) is 1.04. The summed E-state index contributed by atoms with van der Waals surface area (Å²) in [4.78, 5) is 12.6. The van der Waals surface area contributed by atoms with Crippen molar-refractivity contribution in [1.82, 2.24) is 0 Å². The molecular weight excluding hydrogens is 388 g/mol. The van der Waals surface area contributed by atoms with Crippen molar-refractivity contribution in [1.29, 1.82) is 0 Å². The molecule has 5 atom stereocenters. The van der Waals surface area contributed by atoms with Crippen LogP contribution < -0.4 is 0 Å². The van der Waals surface area contributed by atoms with Crippen LogP contribution in [0.3, 0.4) is 0 Å². The third-order valence-electron chi connectivity index (χ3n) is 6.28. The molecule has 24 heavy (non-hydrogen) atoms. The Bertz CT molecular complexity index is 645. The average molecular weight is 412 g/mol. The van der Waals surface area contributed by atoms with Crippen LogP contribution in [0.2, 0.25) is 5.02 Å². The fourth-order valence-electron chi connectivity index (χ4n) is 5.96. The lowest BCUT2D eigenvalue weighted by Gasteiger charge is -2.60. The minimum absolute atomic E-state index is 0.0690. The first-order valence-corrected chi connectivity index (χ1v) is 10.2. The van der Waals surface area contributed by atoms with E-state index in [1.807, 2.05) is 31.2 Å². The molecule has 4 aliphatic carbocycles. The minimum Gasteiger partial charge on any atom is -0.458 e. The van der Waals surface area contributed by atoms with Crippen LogP contribution in [0.4, 0.5) is 0 Å². The van der Waals surface area contributed by atoms with Crippen molar-refractivity contribution in [2.24, 2.45) is 17.3 Å². The van der Waals surface area contributed by atoms with Gasteiger partial charge in [-0.25, -0.2) is 0 Å². The van der Waals surface area contributed by atoms with E-state index in [1.54, 1.807) is 0 Å². The Hall–Kier alpha value is -0.540. The molecule has 4 heteroatoms. The second kappa shape index (κ2) is 6.02. The van der Waals surface area contributed by atoms with E-state index < -0.39 is 0 Å². The Kier molecular flexibility index (Phi) is 4.24. The third-order valence-corrected chi connectivity index (χ3v) is 7.55. The zero-order chi connectivity index (χ0) is 16.9. The van der Waals surface area contributed by atoms with Gasteiger partial charge in [0.2, 0.25) is 0 Å². The van der Waals surface area contributed by atoms with Gasteiger partial charge in [-0.15, -0.1) is 0 Å². The summed E-state index contributed by atoms with van der Waals surface area (Å²) in [6, 6.07) is 7.60. The largest absolute Gasteiger partial charge is 0.458 e. The van der Waals surface area contributed by atoms with Crippen molar-refractivity contribution >= 4 is 33.5 Å². The molecule has 0 radical (unpaired) electrons. The quantitative estimate of drug-likeness (QED) is 0.444. The first kappa shape index (κ1) is 16.9. The maximum Gasteiger partial charge on any atom is 0.306 e. The molecule has 0 spiro atoms. The van der Waals surface area contributed by atoms with E-state index in [1.165, 1.54) is 32.1 Å². The van der Waals surface area contributed by atoms with Crippen molar-refractivity contribution in [3.05, 3.63) is 34.9 Å². The highest BCUT2D eigenvalue weighted by Crippen LogP contribution is 2.65. The molecule has 1 aromatic carbocycles. The number of hydrogen-bond donors (Lipinski definition) is 0. The highest BCUT2D eigenvalue weighted by Gasteiger charge is 2.57. The minimum atomic E-state index is -0.293. The molecule has 5 rings (SSSR count). The maximum atomic E-state index is 12.6. The predicted octanol–water partition coefficient (Wildman–Crippen LogP) is 6.07. The van der Waals surface area contributed by atoms with Gasteiger partial charge in [-0.05, 0) is 68.8 Å². The van der Waals surface area contributed by atoms with Gasteiger partial charge in [0.05, 0.1) is 6.42 Å². The average Bonchev–Trinajstić information content (AvgIpc) is 2.43. The van der Waals surface area contributed by atoms with Crippen LogP contribution in [0.25, 0.3) is 0 Å². The summed E-state index contributed by atoms with van der Waals surface area (Å²) in [7, 11) is 0. The highest BCUT2D eigenvalue weighted by atomic mass is 79.9. The lowest BCUT2D eigenvalue weighted by Crippen LogP contribution is -2.53. The Morgan fingerprint density at radius 1 is 1.29 bits per heavy atom. The second-order valence-electron chi connectivity index (χ2n) is 8.44. The van der Waals surface area contributed by atoms with Crippen molar-refractivity contribution in [2.75, 3.05) is 0 Å². The van der Waals surface area contributed by atoms with Gasteiger partial charge in [-0.1, -0.05) is 45.7 Å². The molecule has 0 N–H and O–H groups in total. The van der Waals surface area contributed by atoms with E-state index in [9.17, 15) is 4.79 Å². The van der Waals surface area contributed by atoms with Gasteiger partial charge < -0.3 is 4.74 Å². The number of halogens is 2. The molecule has 0 aliphatic heterocycles. The molecular formula is C20H24BrClO2. The van der Waals surface area contributed by atoms with E-state index in [2.05, 4.69) is 15.9 Å². The zero-order valence-electron chi connectivity index (χ0n) is 14.1. The van der Waals surface area contributed by atoms with Gasteiger partial charge in [0.15, 0.2) is 0 Å². The number of carbonyl (C=O) groups excluding carboxylic acids is 1. The molecule has 0 saturated heterocycles. The summed E-state index contributed by atoms with van der Waals surface area (Å²) in [6.45, 7) is 1.91. The molecule has 0 aromatic heterocycles. The van der Waals surface area contributed by atoms with Crippen molar-refractivity contribution in [3.8, 4) is 0 Å². The van der Waals surface area contributed by atoms with E-state index >= 15 is 0 Å². The second-order valence-corrected chi connectivity index (χ2v) is 10.5. The number of hydrogen-bond acceptors (Lipinski definition) is 2. The fraction of sp³-hybridized carbons (Fsp3) is 0.650. The van der Waals surface area contributed by atoms with Crippen LogP contribution in [0.15, 0.2) is 24.3 Å². The molecule has 0 heterocycles. The smallest absolute Gasteiger partial charge is 0.306 e. The highest BCUT2D eigenvalue weighted by molar-refractivity contribution is 9.10. The Morgan fingerprint density at radius 2 is 1.96 bits per heavy atom. The maximum absolute atomic E-state index is 12.6. The SMILES string of the molecule is C[C@@H](OC(=O)CC12C[C@@H]3C[C@@H](CC(Br)(C3)C1)C2)c1ccccc1Cl. The van der Waals surface area contributed by atoms with Gasteiger partial charge in [-0.2, -0.15) is 0 Å². The molecule has 4 fully saturated rings. The number of ether oxygens (including phenoxy) is 1. The standard InChI is InChI=1S/C20H24BrClO2/c1-13(16-4-2-3-5-17(16)22)24-18(23)11-19-7-14-6-15(8-19)10-20(21,9-14)12-19/h2-5,13-15H,6-12H2,1H3/t13-,14-,15+,19?,20?/m1/s1. The summed E-state index contributed by atoms with van der Waals surface area (Å²) in [5, 5.41) is 0.659. The molecule has 2 nitrogen and oxygen atoms in total. The van der Waals surface area contributed by atoms with Gasteiger partial charge in [-0.3, -0.25) is 4.79 Å². The van der Waals surface area contributed by atoms with Gasteiger partial charge in [0, 0.05) is 14.9 Å². The van der Waals surface area contributed by atoms with Crippen LogP contribution in [-0.4, -0.2) is 10.3 Å². The van der Waals surface area contributed by atoms with E-state index in [0.29, 0.717) is 11.4 Å². The normalized spacial score (nSPS) is 38.1. The zero-order valence-corrected chi connectivity index (χ0v) is 16.4. The first-order chi connectivity index (χ1) is 11.4. The summed E-state index contributed by atoms with van der Waals surface area (Å²) in [6.07, 6.45) is 7.73. The van der Waals surface area contributed by atoms with Crippen LogP contribution >= 0.6 is 27.5 Å². The lowest BCUT2D eigenvalue weighted by atomic mass is 9.49. The summed E-state index contributed by atoms with van der Waals surface area (Å²) < 4.78 is 6.03. The third kappa shape index (κ3) is 3.14. The molecule has 130 valence electrons. The van der Waals surface area contributed by atoms with Crippen molar-refractivity contribution in [3.63, 3.8) is 0 Å². The number of benzene rings is 1. The molecule has 4 bridgehead atoms. The lowest BCUT2D eigenvalue weighted by molar-refractivity contribution is -0.155. The molecule has 2 unspecified atom stereocenters. The summed E-state index contributed by atoms with van der Waals surface area (Å²) >= 11 is 10.2. The molecule has 1 aromatic rings. The van der Waals surface area contributed by atoms with Gasteiger partial charge >= 0.3 is 5.97 Å². The Balaban J connectivity index is 1.44.